The fraction of sp³-hybridized carbons (Fsp3) is 0.875. The van der Waals surface area contributed by atoms with E-state index in [0.29, 0.717) is 32.8 Å². The van der Waals surface area contributed by atoms with Crippen LogP contribution in [0.15, 0.2) is 5.16 Å². The second-order valence-corrected chi connectivity index (χ2v) is 2.50. The average Bonchev–Trinajstić information content (AvgIpc) is 2.16. The summed E-state index contributed by atoms with van der Waals surface area (Å²) >= 11 is 0. The lowest BCUT2D eigenvalue weighted by molar-refractivity contribution is 0.0524. The monoisotopic (exact) mass is 190 g/mol. The molecule has 0 unspecified atom stereocenters. The Morgan fingerprint density at radius 3 is 2.62 bits per heavy atom. The Labute approximate surface area is 78.5 Å². The predicted molar refractivity (Wildman–Crippen MR) is 50.0 cm³/mol. The van der Waals surface area contributed by atoms with E-state index in [4.69, 9.17) is 20.4 Å². The van der Waals surface area contributed by atoms with Crippen LogP contribution in [0.25, 0.3) is 0 Å². The molecule has 0 aromatic carbocycles. The molecule has 0 saturated carbocycles. The molecule has 0 aliphatic heterocycles. The smallest absolute Gasteiger partial charge is 0.139 e. The molecule has 0 aromatic rings. The fourth-order valence-electron chi connectivity index (χ4n) is 0.770. The van der Waals surface area contributed by atoms with E-state index in [1.807, 2.05) is 6.92 Å². The molecule has 0 saturated heterocycles. The van der Waals surface area contributed by atoms with E-state index in [0.717, 1.165) is 6.42 Å². The number of ether oxygens (including phenoxy) is 2. The van der Waals surface area contributed by atoms with Gasteiger partial charge in [-0.2, -0.15) is 0 Å². The van der Waals surface area contributed by atoms with Crippen molar-refractivity contribution < 1.29 is 14.7 Å². The minimum absolute atomic E-state index is 0.244. The Balaban J connectivity index is 3.00. The Morgan fingerprint density at radius 2 is 2.00 bits per heavy atom. The average molecular weight is 190 g/mol. The van der Waals surface area contributed by atoms with Gasteiger partial charge in [0.15, 0.2) is 0 Å². The van der Waals surface area contributed by atoms with Crippen LogP contribution < -0.4 is 5.73 Å². The van der Waals surface area contributed by atoms with Crippen LogP contribution in [0.1, 0.15) is 19.8 Å². The van der Waals surface area contributed by atoms with E-state index >= 15 is 0 Å². The third-order valence-electron chi connectivity index (χ3n) is 1.43. The van der Waals surface area contributed by atoms with Crippen molar-refractivity contribution in [3.05, 3.63) is 0 Å². The number of nitrogens with two attached hydrogens (primary N) is 1. The summed E-state index contributed by atoms with van der Waals surface area (Å²) in [5.41, 5.74) is 5.26. The first-order chi connectivity index (χ1) is 6.31. The van der Waals surface area contributed by atoms with Gasteiger partial charge in [-0.15, -0.1) is 0 Å². The first-order valence-electron chi connectivity index (χ1n) is 4.43. The molecule has 0 aliphatic rings. The Bertz CT molecular complexity index is 139. The van der Waals surface area contributed by atoms with Crippen molar-refractivity contribution in [2.45, 2.75) is 19.8 Å². The van der Waals surface area contributed by atoms with Gasteiger partial charge in [0.05, 0.1) is 13.2 Å². The number of hydrogen-bond acceptors (Lipinski definition) is 4. The van der Waals surface area contributed by atoms with Crippen molar-refractivity contribution in [1.82, 2.24) is 0 Å². The van der Waals surface area contributed by atoms with E-state index in [-0.39, 0.29) is 5.84 Å². The molecule has 0 fully saturated rings. The summed E-state index contributed by atoms with van der Waals surface area (Å²) in [6.07, 6.45) is 1.33. The number of rotatable bonds is 8. The van der Waals surface area contributed by atoms with Gasteiger partial charge in [-0.3, -0.25) is 0 Å². The van der Waals surface area contributed by atoms with Gasteiger partial charge in [0.2, 0.25) is 0 Å². The molecular formula is C8H18N2O3. The van der Waals surface area contributed by atoms with Gasteiger partial charge in [-0.25, -0.2) is 0 Å². The highest BCUT2D eigenvalue weighted by molar-refractivity contribution is 5.79. The van der Waals surface area contributed by atoms with Crippen LogP contribution in [0, 0.1) is 0 Å². The number of hydrogen-bond donors (Lipinski definition) is 2. The van der Waals surface area contributed by atoms with Gasteiger partial charge in [-0.1, -0.05) is 5.16 Å². The second-order valence-electron chi connectivity index (χ2n) is 2.50. The van der Waals surface area contributed by atoms with E-state index in [2.05, 4.69) is 5.16 Å². The maximum atomic E-state index is 8.21. The minimum Gasteiger partial charge on any atom is -0.409 e. The molecule has 78 valence electrons. The zero-order chi connectivity index (χ0) is 9.94. The second kappa shape index (κ2) is 9.28. The number of nitrogens with zero attached hydrogens (tertiary/aromatic N) is 1. The fourth-order valence-corrected chi connectivity index (χ4v) is 0.770. The molecule has 0 amide bonds. The third kappa shape index (κ3) is 9.10. The van der Waals surface area contributed by atoms with E-state index in [9.17, 15) is 0 Å². The van der Waals surface area contributed by atoms with Crippen LogP contribution >= 0.6 is 0 Å². The molecule has 0 aliphatic carbocycles. The zero-order valence-corrected chi connectivity index (χ0v) is 8.03. The van der Waals surface area contributed by atoms with E-state index in [1.54, 1.807) is 0 Å². The van der Waals surface area contributed by atoms with Crippen LogP contribution in [0.2, 0.25) is 0 Å². The van der Waals surface area contributed by atoms with Crippen LogP contribution in [-0.4, -0.2) is 37.5 Å². The quantitative estimate of drug-likeness (QED) is 0.193. The summed E-state index contributed by atoms with van der Waals surface area (Å²) in [5, 5.41) is 11.1. The molecule has 0 bridgehead atoms. The summed E-state index contributed by atoms with van der Waals surface area (Å²) in [5.74, 6) is 0.244. The predicted octanol–water partition coefficient (Wildman–Crippen LogP) is 0.566. The normalized spacial score (nSPS) is 11.9. The summed E-state index contributed by atoms with van der Waals surface area (Å²) in [6.45, 7) is 4.50. The molecule has 3 N–H and O–H groups in total. The Hall–Kier alpha value is -0.810. The maximum absolute atomic E-state index is 8.21. The van der Waals surface area contributed by atoms with Gasteiger partial charge in [0.25, 0.3) is 0 Å². The zero-order valence-electron chi connectivity index (χ0n) is 8.03. The van der Waals surface area contributed by atoms with Gasteiger partial charge < -0.3 is 20.4 Å². The first kappa shape index (κ1) is 12.2. The van der Waals surface area contributed by atoms with Crippen molar-refractivity contribution in [3.8, 4) is 0 Å². The molecule has 0 spiro atoms. The number of oxime groups is 1. The molecule has 0 atom stereocenters. The Morgan fingerprint density at radius 1 is 1.31 bits per heavy atom. The summed E-state index contributed by atoms with van der Waals surface area (Å²) in [6, 6.07) is 0. The molecule has 5 nitrogen and oxygen atoms in total. The standard InChI is InChI=1S/C8H18N2O3/c1-2-12-6-7-13-5-3-4-8(9)10-11/h11H,2-7H2,1H3,(H2,9,10). The van der Waals surface area contributed by atoms with Crippen molar-refractivity contribution in [2.75, 3.05) is 26.4 Å². The van der Waals surface area contributed by atoms with Crippen molar-refractivity contribution in [2.24, 2.45) is 10.9 Å². The lowest BCUT2D eigenvalue weighted by Crippen LogP contribution is -2.13. The van der Waals surface area contributed by atoms with Gasteiger partial charge >= 0.3 is 0 Å². The van der Waals surface area contributed by atoms with Crippen molar-refractivity contribution >= 4 is 5.84 Å². The van der Waals surface area contributed by atoms with Crippen LogP contribution in [-0.2, 0) is 9.47 Å². The van der Waals surface area contributed by atoms with Gasteiger partial charge in [-0.05, 0) is 13.3 Å². The largest absolute Gasteiger partial charge is 0.409 e. The number of amidine groups is 1. The van der Waals surface area contributed by atoms with Crippen LogP contribution in [0.5, 0.6) is 0 Å². The van der Waals surface area contributed by atoms with Gasteiger partial charge in [0.1, 0.15) is 5.84 Å². The maximum Gasteiger partial charge on any atom is 0.139 e. The molecule has 0 heterocycles. The molecule has 0 aromatic heterocycles. The highest BCUT2D eigenvalue weighted by Gasteiger charge is 1.93. The molecule has 0 radical (unpaired) electrons. The van der Waals surface area contributed by atoms with Crippen LogP contribution in [0.3, 0.4) is 0 Å². The first-order valence-corrected chi connectivity index (χ1v) is 4.43. The molecule has 13 heavy (non-hydrogen) atoms. The molecule has 0 rings (SSSR count). The van der Waals surface area contributed by atoms with Crippen molar-refractivity contribution in [1.29, 1.82) is 0 Å². The Kier molecular flexibility index (Phi) is 8.70. The summed E-state index contributed by atoms with van der Waals surface area (Å²) in [7, 11) is 0. The van der Waals surface area contributed by atoms with Crippen molar-refractivity contribution in [3.63, 3.8) is 0 Å². The van der Waals surface area contributed by atoms with E-state index < -0.39 is 0 Å². The molecule has 5 heteroatoms. The SMILES string of the molecule is CCOCCOCCC/C(N)=N/O. The lowest BCUT2D eigenvalue weighted by Gasteiger charge is -2.03. The van der Waals surface area contributed by atoms with Crippen LogP contribution in [0.4, 0.5) is 0 Å². The summed E-state index contributed by atoms with van der Waals surface area (Å²) in [4.78, 5) is 0. The van der Waals surface area contributed by atoms with E-state index in [1.165, 1.54) is 0 Å². The highest BCUT2D eigenvalue weighted by atomic mass is 16.5. The minimum atomic E-state index is 0.244. The highest BCUT2D eigenvalue weighted by Crippen LogP contribution is 1.90. The molecular weight excluding hydrogens is 172 g/mol. The third-order valence-corrected chi connectivity index (χ3v) is 1.43. The topological polar surface area (TPSA) is 77.1 Å². The lowest BCUT2D eigenvalue weighted by atomic mass is 10.3. The van der Waals surface area contributed by atoms with Gasteiger partial charge in [0, 0.05) is 19.6 Å². The summed E-state index contributed by atoms with van der Waals surface area (Å²) < 4.78 is 10.3.